The zero-order valence-electron chi connectivity index (χ0n) is 9.71. The van der Waals surface area contributed by atoms with Crippen molar-refractivity contribution in [2.75, 3.05) is 19.6 Å². The molecule has 1 aliphatic rings. The van der Waals surface area contributed by atoms with Gasteiger partial charge in [0.15, 0.2) is 0 Å². The second-order valence-corrected chi connectivity index (χ2v) is 5.74. The molecule has 2 rings (SSSR count). The van der Waals surface area contributed by atoms with Gasteiger partial charge in [0.25, 0.3) is 0 Å². The number of nitrogens with one attached hydrogen (secondary N) is 1. The zero-order chi connectivity index (χ0) is 10.9. The van der Waals surface area contributed by atoms with Crippen molar-refractivity contribution in [1.82, 2.24) is 15.2 Å². The second kappa shape index (κ2) is 4.20. The van der Waals surface area contributed by atoms with Gasteiger partial charge in [-0.2, -0.15) is 0 Å². The fourth-order valence-electron chi connectivity index (χ4n) is 1.95. The number of aromatic nitrogens is 1. The van der Waals surface area contributed by atoms with E-state index < -0.39 is 0 Å². The Hall–Kier alpha value is -0.450. The molecule has 0 unspecified atom stereocenters. The minimum atomic E-state index is 0.248. The molecular weight excluding hydrogens is 206 g/mol. The molecule has 2 heterocycles. The maximum atomic E-state index is 4.53. The van der Waals surface area contributed by atoms with Crippen LogP contribution in [0.3, 0.4) is 0 Å². The van der Waals surface area contributed by atoms with Crippen LogP contribution < -0.4 is 5.32 Å². The van der Waals surface area contributed by atoms with Gasteiger partial charge in [0.1, 0.15) is 5.01 Å². The van der Waals surface area contributed by atoms with Crippen molar-refractivity contribution in [3.8, 4) is 0 Å². The monoisotopic (exact) mass is 225 g/mol. The van der Waals surface area contributed by atoms with Crippen LogP contribution in [0.15, 0.2) is 5.38 Å². The Balaban J connectivity index is 2.04. The van der Waals surface area contributed by atoms with Crippen LogP contribution in [-0.2, 0) is 6.54 Å². The lowest BCUT2D eigenvalue weighted by Gasteiger charge is -2.42. The highest BCUT2D eigenvalue weighted by molar-refractivity contribution is 7.09. The van der Waals surface area contributed by atoms with Gasteiger partial charge in [0.2, 0.25) is 0 Å². The molecule has 0 radical (unpaired) electrons. The molecule has 0 aromatic carbocycles. The standard InChI is InChI=1S/C11H19N3S/c1-9-7-15-10(13-9)6-14-5-4-12-8-11(14,2)3/h7,12H,4-6,8H2,1-3H3. The summed E-state index contributed by atoms with van der Waals surface area (Å²) < 4.78 is 0. The molecule has 3 nitrogen and oxygen atoms in total. The lowest BCUT2D eigenvalue weighted by atomic mass is 10.0. The van der Waals surface area contributed by atoms with E-state index in [0.29, 0.717) is 0 Å². The van der Waals surface area contributed by atoms with Crippen molar-refractivity contribution in [1.29, 1.82) is 0 Å². The molecule has 0 atom stereocenters. The molecule has 4 heteroatoms. The summed E-state index contributed by atoms with van der Waals surface area (Å²) in [5.41, 5.74) is 1.39. The van der Waals surface area contributed by atoms with Crippen molar-refractivity contribution in [2.24, 2.45) is 0 Å². The van der Waals surface area contributed by atoms with Gasteiger partial charge in [-0.15, -0.1) is 11.3 Å². The summed E-state index contributed by atoms with van der Waals surface area (Å²) in [5, 5.41) is 6.81. The zero-order valence-corrected chi connectivity index (χ0v) is 10.5. The van der Waals surface area contributed by atoms with E-state index in [0.717, 1.165) is 31.9 Å². The van der Waals surface area contributed by atoms with E-state index in [2.05, 4.69) is 41.4 Å². The number of aryl methyl sites for hydroxylation is 1. The van der Waals surface area contributed by atoms with Crippen molar-refractivity contribution in [3.05, 3.63) is 16.1 Å². The maximum Gasteiger partial charge on any atom is 0.107 e. The Morgan fingerprint density at radius 2 is 2.40 bits per heavy atom. The highest BCUT2D eigenvalue weighted by atomic mass is 32.1. The third kappa shape index (κ3) is 2.56. The topological polar surface area (TPSA) is 28.2 Å². The van der Waals surface area contributed by atoms with Gasteiger partial charge in [-0.05, 0) is 20.8 Å². The highest BCUT2D eigenvalue weighted by Crippen LogP contribution is 2.20. The first-order valence-corrected chi connectivity index (χ1v) is 6.33. The number of thiazole rings is 1. The molecule has 1 fully saturated rings. The predicted octanol–water partition coefficient (Wildman–Crippen LogP) is 1.64. The van der Waals surface area contributed by atoms with Crippen molar-refractivity contribution < 1.29 is 0 Å². The maximum absolute atomic E-state index is 4.53. The summed E-state index contributed by atoms with van der Waals surface area (Å²) >= 11 is 1.77. The molecule has 0 spiro atoms. The molecule has 1 aromatic rings. The SMILES string of the molecule is Cc1csc(CN2CCNCC2(C)C)n1. The van der Waals surface area contributed by atoms with Crippen LogP contribution in [0.5, 0.6) is 0 Å². The van der Waals surface area contributed by atoms with E-state index in [4.69, 9.17) is 0 Å². The Bertz CT molecular complexity index is 332. The Kier molecular flexibility index (Phi) is 3.09. The van der Waals surface area contributed by atoms with E-state index in [-0.39, 0.29) is 5.54 Å². The van der Waals surface area contributed by atoms with Crippen LogP contribution in [0, 0.1) is 6.92 Å². The van der Waals surface area contributed by atoms with E-state index in [1.165, 1.54) is 5.01 Å². The van der Waals surface area contributed by atoms with E-state index in [9.17, 15) is 0 Å². The number of nitrogens with zero attached hydrogens (tertiary/aromatic N) is 2. The van der Waals surface area contributed by atoms with Crippen LogP contribution in [0.4, 0.5) is 0 Å². The lowest BCUT2D eigenvalue weighted by molar-refractivity contribution is 0.0826. The summed E-state index contributed by atoms with van der Waals surface area (Å²) in [6.07, 6.45) is 0. The second-order valence-electron chi connectivity index (χ2n) is 4.79. The molecule has 0 saturated carbocycles. The predicted molar refractivity (Wildman–Crippen MR) is 64.2 cm³/mol. The van der Waals surface area contributed by atoms with E-state index >= 15 is 0 Å². The molecule has 1 N–H and O–H groups in total. The summed E-state index contributed by atoms with van der Waals surface area (Å²) in [6.45, 7) is 10.9. The quantitative estimate of drug-likeness (QED) is 0.829. The Labute approximate surface area is 95.5 Å². The van der Waals surface area contributed by atoms with Crippen LogP contribution in [0.1, 0.15) is 24.5 Å². The van der Waals surface area contributed by atoms with E-state index in [1.54, 1.807) is 11.3 Å². The fourth-order valence-corrected chi connectivity index (χ4v) is 2.74. The van der Waals surface area contributed by atoms with Crippen LogP contribution >= 0.6 is 11.3 Å². The molecule has 0 amide bonds. The minimum Gasteiger partial charge on any atom is -0.314 e. The van der Waals surface area contributed by atoms with Gasteiger partial charge in [0.05, 0.1) is 6.54 Å². The molecule has 84 valence electrons. The molecule has 1 saturated heterocycles. The summed E-state index contributed by atoms with van der Waals surface area (Å²) in [6, 6.07) is 0. The largest absolute Gasteiger partial charge is 0.314 e. The highest BCUT2D eigenvalue weighted by Gasteiger charge is 2.29. The van der Waals surface area contributed by atoms with Crippen LogP contribution in [-0.4, -0.2) is 35.1 Å². The molecule has 0 aliphatic carbocycles. The average Bonchev–Trinajstić information content (AvgIpc) is 2.55. The molecular formula is C11H19N3S. The first-order valence-electron chi connectivity index (χ1n) is 5.45. The number of rotatable bonds is 2. The smallest absolute Gasteiger partial charge is 0.107 e. The molecule has 0 bridgehead atoms. The normalized spacial score (nSPS) is 21.8. The van der Waals surface area contributed by atoms with Crippen molar-refractivity contribution >= 4 is 11.3 Å². The fraction of sp³-hybridized carbons (Fsp3) is 0.727. The lowest BCUT2D eigenvalue weighted by Crippen LogP contribution is -2.57. The van der Waals surface area contributed by atoms with Crippen LogP contribution in [0.25, 0.3) is 0 Å². The molecule has 15 heavy (non-hydrogen) atoms. The minimum absolute atomic E-state index is 0.248. The van der Waals surface area contributed by atoms with Gasteiger partial charge in [-0.25, -0.2) is 4.98 Å². The number of hydrogen-bond donors (Lipinski definition) is 1. The molecule has 1 aromatic heterocycles. The summed E-state index contributed by atoms with van der Waals surface area (Å²) in [4.78, 5) is 7.04. The van der Waals surface area contributed by atoms with Crippen LogP contribution in [0.2, 0.25) is 0 Å². The van der Waals surface area contributed by atoms with Gasteiger partial charge in [-0.1, -0.05) is 0 Å². The van der Waals surface area contributed by atoms with Gasteiger partial charge in [-0.3, -0.25) is 4.90 Å². The first-order chi connectivity index (χ1) is 7.08. The average molecular weight is 225 g/mol. The van der Waals surface area contributed by atoms with Crippen molar-refractivity contribution in [2.45, 2.75) is 32.9 Å². The number of piperazine rings is 1. The third-order valence-electron chi connectivity index (χ3n) is 2.96. The van der Waals surface area contributed by atoms with E-state index in [1.807, 2.05) is 0 Å². The summed E-state index contributed by atoms with van der Waals surface area (Å²) in [7, 11) is 0. The van der Waals surface area contributed by atoms with Gasteiger partial charge < -0.3 is 5.32 Å². The number of hydrogen-bond acceptors (Lipinski definition) is 4. The van der Waals surface area contributed by atoms with Gasteiger partial charge in [0, 0.05) is 36.2 Å². The Morgan fingerprint density at radius 1 is 1.60 bits per heavy atom. The first kappa shape index (κ1) is 11.0. The Morgan fingerprint density at radius 3 is 3.00 bits per heavy atom. The van der Waals surface area contributed by atoms with Gasteiger partial charge >= 0.3 is 0 Å². The third-order valence-corrected chi connectivity index (χ3v) is 3.92. The summed E-state index contributed by atoms with van der Waals surface area (Å²) in [5.74, 6) is 0. The molecule has 1 aliphatic heterocycles. The van der Waals surface area contributed by atoms with Crippen molar-refractivity contribution in [3.63, 3.8) is 0 Å².